The molecule has 0 unspecified atom stereocenters. The fourth-order valence-corrected chi connectivity index (χ4v) is 5.63. The SMILES string of the molecule is Cc1c(C(=O)Oc2cc(F)c(F)c(F)c2)c2n(c1C(=O)C(=O)NC1(c3nncs3)CC(F)(F)C1)CCC2. The summed E-state index contributed by atoms with van der Waals surface area (Å²) in [4.78, 5) is 39.2. The summed E-state index contributed by atoms with van der Waals surface area (Å²) in [5.41, 5.74) is 0.00861. The quantitative estimate of drug-likeness (QED) is 0.127. The lowest BCUT2D eigenvalue weighted by Gasteiger charge is -2.45. The van der Waals surface area contributed by atoms with Gasteiger partial charge in [-0.1, -0.05) is 0 Å². The molecule has 0 spiro atoms. The number of amides is 1. The van der Waals surface area contributed by atoms with E-state index >= 15 is 0 Å². The number of rotatable bonds is 6. The number of aromatic nitrogens is 3. The van der Waals surface area contributed by atoms with Crippen molar-refractivity contribution < 1.29 is 41.1 Å². The lowest BCUT2D eigenvalue weighted by molar-refractivity contribution is -0.147. The zero-order valence-electron chi connectivity index (χ0n) is 19.0. The molecule has 37 heavy (non-hydrogen) atoms. The Kier molecular flexibility index (Phi) is 5.89. The van der Waals surface area contributed by atoms with Gasteiger partial charge in [-0.2, -0.15) is 0 Å². The number of esters is 1. The van der Waals surface area contributed by atoms with Crippen molar-refractivity contribution >= 4 is 29.0 Å². The zero-order chi connectivity index (χ0) is 26.7. The van der Waals surface area contributed by atoms with Gasteiger partial charge in [-0.3, -0.25) is 9.59 Å². The van der Waals surface area contributed by atoms with E-state index in [1.165, 1.54) is 17.0 Å². The van der Waals surface area contributed by atoms with E-state index in [4.69, 9.17) is 4.74 Å². The molecule has 0 radical (unpaired) electrons. The maximum absolute atomic E-state index is 13.8. The summed E-state index contributed by atoms with van der Waals surface area (Å²) in [5.74, 6) is -11.8. The van der Waals surface area contributed by atoms with Gasteiger partial charge in [0.2, 0.25) is 0 Å². The molecule has 5 rings (SSSR count). The summed E-state index contributed by atoms with van der Waals surface area (Å²) in [7, 11) is 0. The highest BCUT2D eigenvalue weighted by Gasteiger charge is 2.60. The summed E-state index contributed by atoms with van der Waals surface area (Å²) in [5, 5.41) is 9.94. The van der Waals surface area contributed by atoms with Crippen LogP contribution in [0.1, 0.15) is 56.4 Å². The molecule has 0 saturated heterocycles. The van der Waals surface area contributed by atoms with E-state index in [9.17, 15) is 36.3 Å². The standard InChI is InChI=1S/C23H17F5N4O4S/c1-10-15(20(35)36-11-5-12(24)16(26)13(25)6-11)14-3-2-4-32(14)17(10)18(33)19(34)30-22(7-23(27,28)8-22)21-31-29-9-37-21/h5-6,9H,2-4,7-8H2,1H3,(H,30,34). The van der Waals surface area contributed by atoms with Crippen LogP contribution >= 0.6 is 11.3 Å². The molecule has 1 saturated carbocycles. The molecule has 1 aliphatic heterocycles. The first-order valence-electron chi connectivity index (χ1n) is 11.0. The van der Waals surface area contributed by atoms with E-state index in [0.29, 0.717) is 30.7 Å². The van der Waals surface area contributed by atoms with Crippen molar-refractivity contribution in [2.24, 2.45) is 0 Å². The molecule has 0 bridgehead atoms. The summed E-state index contributed by atoms with van der Waals surface area (Å²) in [6, 6.07) is 1.01. The Morgan fingerprint density at radius 3 is 2.41 bits per heavy atom. The van der Waals surface area contributed by atoms with Gasteiger partial charge in [0.1, 0.15) is 21.8 Å². The molecule has 0 atom stereocenters. The first-order valence-corrected chi connectivity index (χ1v) is 11.9. The third kappa shape index (κ3) is 4.18. The predicted molar refractivity (Wildman–Crippen MR) is 117 cm³/mol. The third-order valence-electron chi connectivity index (χ3n) is 6.45. The maximum atomic E-state index is 13.8. The molecule has 2 aliphatic rings. The number of ether oxygens (including phenoxy) is 1. The Hall–Kier alpha value is -3.68. The van der Waals surface area contributed by atoms with Crippen LogP contribution in [0.4, 0.5) is 22.0 Å². The summed E-state index contributed by atoms with van der Waals surface area (Å²) >= 11 is 0.966. The smallest absolute Gasteiger partial charge is 0.345 e. The minimum absolute atomic E-state index is 0.0758. The number of benzene rings is 1. The van der Waals surface area contributed by atoms with E-state index in [-0.39, 0.29) is 28.4 Å². The van der Waals surface area contributed by atoms with Gasteiger partial charge in [-0.25, -0.2) is 26.7 Å². The maximum Gasteiger partial charge on any atom is 0.345 e. The Morgan fingerprint density at radius 2 is 1.81 bits per heavy atom. The number of hydrogen-bond donors (Lipinski definition) is 1. The monoisotopic (exact) mass is 540 g/mol. The second kappa shape index (κ2) is 8.71. The number of nitrogens with zero attached hydrogens (tertiary/aromatic N) is 3. The van der Waals surface area contributed by atoms with Crippen LogP contribution < -0.4 is 10.1 Å². The minimum Gasteiger partial charge on any atom is -0.423 e. The number of nitrogens with one attached hydrogen (secondary N) is 1. The third-order valence-corrected chi connectivity index (χ3v) is 7.34. The summed E-state index contributed by atoms with van der Waals surface area (Å²) < 4.78 is 74.4. The molecule has 1 aromatic carbocycles. The van der Waals surface area contributed by atoms with Gasteiger partial charge in [0.25, 0.3) is 17.6 Å². The summed E-state index contributed by atoms with van der Waals surface area (Å²) in [6.07, 6.45) is -0.630. The van der Waals surface area contributed by atoms with Crippen molar-refractivity contribution in [3.8, 4) is 5.75 Å². The van der Waals surface area contributed by atoms with Crippen LogP contribution in [0.2, 0.25) is 0 Å². The Bertz CT molecular complexity index is 1420. The molecule has 194 valence electrons. The van der Waals surface area contributed by atoms with E-state index < -0.39 is 65.2 Å². The number of ketones is 1. The van der Waals surface area contributed by atoms with Crippen molar-refractivity contribution in [2.75, 3.05) is 0 Å². The molecule has 1 fully saturated rings. The number of carbonyl (C=O) groups is 3. The van der Waals surface area contributed by atoms with Gasteiger partial charge in [-0.05, 0) is 25.3 Å². The topological polar surface area (TPSA) is 103 Å². The van der Waals surface area contributed by atoms with Crippen LogP contribution in [-0.2, 0) is 23.3 Å². The van der Waals surface area contributed by atoms with Crippen LogP contribution in [0.15, 0.2) is 17.6 Å². The Labute approximate surface area is 209 Å². The van der Waals surface area contributed by atoms with Gasteiger partial charge < -0.3 is 14.6 Å². The molecule has 1 amide bonds. The molecule has 3 heterocycles. The van der Waals surface area contributed by atoms with Gasteiger partial charge in [0, 0.05) is 37.2 Å². The van der Waals surface area contributed by atoms with Crippen molar-refractivity contribution in [2.45, 2.75) is 50.6 Å². The average molecular weight is 540 g/mol. The van der Waals surface area contributed by atoms with Gasteiger partial charge in [0.15, 0.2) is 17.5 Å². The average Bonchev–Trinajstić information content (AvgIpc) is 3.53. The van der Waals surface area contributed by atoms with Crippen molar-refractivity contribution in [3.63, 3.8) is 0 Å². The van der Waals surface area contributed by atoms with Crippen LogP contribution in [0.5, 0.6) is 5.75 Å². The van der Waals surface area contributed by atoms with E-state index in [2.05, 4.69) is 15.5 Å². The number of carbonyl (C=O) groups excluding carboxylic acids is 3. The van der Waals surface area contributed by atoms with E-state index in [0.717, 1.165) is 11.3 Å². The molecule has 14 heteroatoms. The summed E-state index contributed by atoms with van der Waals surface area (Å²) in [6.45, 7) is 1.68. The van der Waals surface area contributed by atoms with Gasteiger partial charge >= 0.3 is 5.97 Å². The highest BCUT2D eigenvalue weighted by Crippen LogP contribution is 2.52. The second-order valence-electron chi connectivity index (χ2n) is 8.96. The lowest BCUT2D eigenvalue weighted by atomic mass is 9.73. The highest BCUT2D eigenvalue weighted by molar-refractivity contribution is 7.09. The largest absolute Gasteiger partial charge is 0.423 e. The molecule has 3 aromatic rings. The number of Topliss-reactive ketones (excluding diaryl/α,β-unsaturated/α-hetero) is 1. The molecular formula is C23H17F5N4O4S. The lowest BCUT2D eigenvalue weighted by Crippen LogP contribution is -2.61. The normalized spacial score (nSPS) is 17.1. The Balaban J connectivity index is 1.44. The van der Waals surface area contributed by atoms with Crippen molar-refractivity contribution in [3.05, 3.63) is 62.6 Å². The van der Waals surface area contributed by atoms with Crippen LogP contribution in [0, 0.1) is 24.4 Å². The number of fused-ring (bicyclic) bond motifs is 1. The number of alkyl halides is 2. The molecule has 2 aromatic heterocycles. The van der Waals surface area contributed by atoms with Crippen molar-refractivity contribution in [1.29, 1.82) is 0 Å². The van der Waals surface area contributed by atoms with Gasteiger partial charge in [0.05, 0.1) is 11.3 Å². The van der Waals surface area contributed by atoms with Crippen molar-refractivity contribution in [1.82, 2.24) is 20.1 Å². The predicted octanol–water partition coefficient (Wildman–Crippen LogP) is 3.85. The second-order valence-corrected chi connectivity index (χ2v) is 9.79. The van der Waals surface area contributed by atoms with Crippen LogP contribution in [0.25, 0.3) is 0 Å². The number of halogens is 5. The minimum atomic E-state index is -3.05. The fraction of sp³-hybridized carbons (Fsp3) is 0.348. The first-order chi connectivity index (χ1) is 17.4. The molecule has 1 aliphatic carbocycles. The Morgan fingerprint density at radius 1 is 1.14 bits per heavy atom. The van der Waals surface area contributed by atoms with Crippen LogP contribution in [-0.4, -0.2) is 38.3 Å². The molecule has 1 N–H and O–H groups in total. The zero-order valence-corrected chi connectivity index (χ0v) is 19.9. The van der Waals surface area contributed by atoms with Crippen LogP contribution in [0.3, 0.4) is 0 Å². The molecular weight excluding hydrogens is 523 g/mol. The number of hydrogen-bond acceptors (Lipinski definition) is 7. The fourth-order valence-electron chi connectivity index (χ4n) is 4.92. The van der Waals surface area contributed by atoms with E-state index in [1.54, 1.807) is 0 Å². The first kappa shape index (κ1) is 25.0. The molecule has 8 nitrogen and oxygen atoms in total. The van der Waals surface area contributed by atoms with E-state index in [1.807, 2.05) is 0 Å². The highest BCUT2D eigenvalue weighted by atomic mass is 32.1. The van der Waals surface area contributed by atoms with Gasteiger partial charge in [-0.15, -0.1) is 21.5 Å².